The van der Waals surface area contributed by atoms with E-state index in [1.807, 2.05) is 0 Å². The third-order valence-electron chi connectivity index (χ3n) is 3.66. The molecule has 1 N–H and O–H groups in total. The average molecular weight is 316 g/mol. The van der Waals surface area contributed by atoms with Gasteiger partial charge in [0.25, 0.3) is 0 Å². The molecule has 0 radical (unpaired) electrons. The molecule has 1 fully saturated rings. The first-order valence-corrected chi connectivity index (χ1v) is 7.13. The Labute approximate surface area is 116 Å². The molecule has 0 amide bonds. The van der Waals surface area contributed by atoms with Crippen molar-refractivity contribution in [3.05, 3.63) is 34.1 Å². The van der Waals surface area contributed by atoms with Gasteiger partial charge in [0.1, 0.15) is 5.82 Å². The summed E-state index contributed by atoms with van der Waals surface area (Å²) in [5.41, 5.74) is 0.331. The maximum absolute atomic E-state index is 13.2. The molecular weight excluding hydrogens is 297 g/mol. The lowest BCUT2D eigenvalue weighted by Crippen LogP contribution is -2.32. The Morgan fingerprint density at radius 1 is 1.39 bits per heavy atom. The van der Waals surface area contributed by atoms with E-state index in [2.05, 4.69) is 27.9 Å². The molecule has 0 aromatic heterocycles. The first kappa shape index (κ1) is 14.0. The van der Waals surface area contributed by atoms with Crippen molar-refractivity contribution in [2.45, 2.75) is 31.3 Å². The van der Waals surface area contributed by atoms with E-state index in [4.69, 9.17) is 0 Å². The van der Waals surface area contributed by atoms with Crippen molar-refractivity contribution in [2.24, 2.45) is 0 Å². The Kier molecular flexibility index (Phi) is 4.41. The minimum Gasteiger partial charge on any atom is -0.389 e. The Balaban J connectivity index is 2.09. The second kappa shape index (κ2) is 5.68. The SMILES string of the molecule is CN1CCCC(O)(Cc2ccc(F)c(Br)c2)CC1. The van der Waals surface area contributed by atoms with Gasteiger partial charge in [-0.3, -0.25) is 0 Å². The summed E-state index contributed by atoms with van der Waals surface area (Å²) in [7, 11) is 2.08. The Morgan fingerprint density at radius 3 is 2.89 bits per heavy atom. The number of halogens is 2. The van der Waals surface area contributed by atoms with Gasteiger partial charge in [0.15, 0.2) is 0 Å². The minimum absolute atomic E-state index is 0.258. The van der Waals surface area contributed by atoms with E-state index in [-0.39, 0.29) is 5.82 Å². The van der Waals surface area contributed by atoms with Crippen LogP contribution in [0.25, 0.3) is 0 Å². The predicted octanol–water partition coefficient (Wildman–Crippen LogP) is 2.98. The van der Waals surface area contributed by atoms with E-state index < -0.39 is 5.60 Å². The van der Waals surface area contributed by atoms with Gasteiger partial charge in [0.05, 0.1) is 10.1 Å². The van der Waals surface area contributed by atoms with Crippen molar-refractivity contribution in [3.8, 4) is 0 Å². The van der Waals surface area contributed by atoms with Crippen LogP contribution in [0.4, 0.5) is 4.39 Å². The molecule has 2 rings (SSSR count). The van der Waals surface area contributed by atoms with Crippen molar-refractivity contribution in [3.63, 3.8) is 0 Å². The van der Waals surface area contributed by atoms with E-state index in [1.165, 1.54) is 6.07 Å². The summed E-state index contributed by atoms with van der Waals surface area (Å²) in [6, 6.07) is 4.97. The molecule has 0 saturated carbocycles. The number of hydrogen-bond donors (Lipinski definition) is 1. The van der Waals surface area contributed by atoms with Crippen molar-refractivity contribution in [2.75, 3.05) is 20.1 Å². The summed E-state index contributed by atoms with van der Waals surface area (Å²) in [4.78, 5) is 2.25. The summed E-state index contributed by atoms with van der Waals surface area (Å²) in [5.74, 6) is -0.258. The van der Waals surface area contributed by atoms with Gasteiger partial charge in [-0.2, -0.15) is 0 Å². The fraction of sp³-hybridized carbons (Fsp3) is 0.571. The van der Waals surface area contributed by atoms with Gasteiger partial charge in [-0.1, -0.05) is 6.07 Å². The molecular formula is C14H19BrFNO. The second-order valence-corrected chi connectivity index (χ2v) is 6.16. The number of aliphatic hydroxyl groups is 1. The van der Waals surface area contributed by atoms with Crippen LogP contribution in [0.15, 0.2) is 22.7 Å². The highest BCUT2D eigenvalue weighted by molar-refractivity contribution is 9.10. The zero-order valence-corrected chi connectivity index (χ0v) is 12.2. The van der Waals surface area contributed by atoms with Gasteiger partial charge in [-0.05, 0) is 66.5 Å². The van der Waals surface area contributed by atoms with Crippen LogP contribution in [0, 0.1) is 5.82 Å². The summed E-state index contributed by atoms with van der Waals surface area (Å²) in [5, 5.41) is 10.6. The Morgan fingerprint density at radius 2 is 2.17 bits per heavy atom. The number of rotatable bonds is 2. The lowest BCUT2D eigenvalue weighted by atomic mass is 9.88. The number of nitrogens with zero attached hydrogens (tertiary/aromatic N) is 1. The Hall–Kier alpha value is -0.450. The summed E-state index contributed by atoms with van der Waals surface area (Å²) in [6.07, 6.45) is 3.19. The van der Waals surface area contributed by atoms with Crippen LogP contribution in [0.2, 0.25) is 0 Å². The standard InChI is InChI=1S/C14H19BrFNO/c1-17-7-2-5-14(18,6-8-17)10-11-3-4-13(16)12(15)9-11/h3-4,9,18H,2,5-8,10H2,1H3. The van der Waals surface area contributed by atoms with Gasteiger partial charge < -0.3 is 10.0 Å². The average Bonchev–Trinajstić information content (AvgIpc) is 2.47. The highest BCUT2D eigenvalue weighted by Gasteiger charge is 2.29. The number of likely N-dealkylation sites (tertiary alicyclic amines) is 1. The third-order valence-corrected chi connectivity index (χ3v) is 4.27. The lowest BCUT2D eigenvalue weighted by Gasteiger charge is -2.26. The molecule has 1 saturated heterocycles. The van der Waals surface area contributed by atoms with Crippen LogP contribution < -0.4 is 0 Å². The van der Waals surface area contributed by atoms with Crippen molar-refractivity contribution in [1.82, 2.24) is 4.90 Å². The Bertz CT molecular complexity index is 426. The molecule has 1 aromatic carbocycles. The van der Waals surface area contributed by atoms with Crippen LogP contribution in [-0.2, 0) is 6.42 Å². The molecule has 18 heavy (non-hydrogen) atoms. The van der Waals surface area contributed by atoms with E-state index in [0.29, 0.717) is 10.9 Å². The number of benzene rings is 1. The number of hydrogen-bond acceptors (Lipinski definition) is 2. The third kappa shape index (κ3) is 3.53. The first-order valence-electron chi connectivity index (χ1n) is 6.33. The summed E-state index contributed by atoms with van der Waals surface area (Å²) in [6.45, 7) is 1.95. The zero-order chi connectivity index (χ0) is 13.2. The second-order valence-electron chi connectivity index (χ2n) is 5.31. The van der Waals surface area contributed by atoms with Crippen molar-refractivity contribution in [1.29, 1.82) is 0 Å². The molecule has 0 bridgehead atoms. The van der Waals surface area contributed by atoms with E-state index in [0.717, 1.165) is 37.9 Å². The first-order chi connectivity index (χ1) is 8.48. The molecule has 100 valence electrons. The molecule has 1 atom stereocenters. The smallest absolute Gasteiger partial charge is 0.137 e. The predicted molar refractivity (Wildman–Crippen MR) is 74.1 cm³/mol. The van der Waals surface area contributed by atoms with Gasteiger partial charge in [-0.15, -0.1) is 0 Å². The van der Waals surface area contributed by atoms with E-state index in [1.54, 1.807) is 12.1 Å². The normalized spacial score (nSPS) is 26.0. The van der Waals surface area contributed by atoms with Crippen LogP contribution in [-0.4, -0.2) is 35.7 Å². The monoisotopic (exact) mass is 315 g/mol. The topological polar surface area (TPSA) is 23.5 Å². The fourth-order valence-corrected chi connectivity index (χ4v) is 2.95. The molecule has 2 nitrogen and oxygen atoms in total. The summed E-state index contributed by atoms with van der Waals surface area (Å²) < 4.78 is 13.6. The highest BCUT2D eigenvalue weighted by Crippen LogP contribution is 2.27. The molecule has 4 heteroatoms. The van der Waals surface area contributed by atoms with Gasteiger partial charge in [0, 0.05) is 13.0 Å². The molecule has 0 aliphatic carbocycles. The zero-order valence-electron chi connectivity index (χ0n) is 10.6. The van der Waals surface area contributed by atoms with Gasteiger partial charge >= 0.3 is 0 Å². The van der Waals surface area contributed by atoms with E-state index >= 15 is 0 Å². The molecule has 1 heterocycles. The fourth-order valence-electron chi connectivity index (χ4n) is 2.52. The van der Waals surface area contributed by atoms with Crippen LogP contribution in [0.5, 0.6) is 0 Å². The largest absolute Gasteiger partial charge is 0.389 e. The lowest BCUT2D eigenvalue weighted by molar-refractivity contribution is 0.0263. The summed E-state index contributed by atoms with van der Waals surface area (Å²) >= 11 is 3.19. The maximum atomic E-state index is 13.2. The van der Waals surface area contributed by atoms with Gasteiger partial charge in [-0.25, -0.2) is 4.39 Å². The maximum Gasteiger partial charge on any atom is 0.137 e. The van der Waals surface area contributed by atoms with Crippen LogP contribution in [0.1, 0.15) is 24.8 Å². The molecule has 0 spiro atoms. The van der Waals surface area contributed by atoms with Crippen molar-refractivity contribution >= 4 is 15.9 Å². The van der Waals surface area contributed by atoms with Crippen LogP contribution in [0.3, 0.4) is 0 Å². The van der Waals surface area contributed by atoms with E-state index in [9.17, 15) is 9.50 Å². The van der Waals surface area contributed by atoms with Gasteiger partial charge in [0.2, 0.25) is 0 Å². The molecule has 1 unspecified atom stereocenters. The molecule has 1 aromatic rings. The highest BCUT2D eigenvalue weighted by atomic mass is 79.9. The minimum atomic E-state index is -0.651. The molecule has 1 aliphatic heterocycles. The quantitative estimate of drug-likeness (QED) is 0.907. The van der Waals surface area contributed by atoms with Crippen molar-refractivity contribution < 1.29 is 9.50 Å². The van der Waals surface area contributed by atoms with Crippen LogP contribution >= 0.6 is 15.9 Å². The molecule has 1 aliphatic rings.